The van der Waals surface area contributed by atoms with Crippen molar-refractivity contribution in [2.45, 2.75) is 32.7 Å². The first kappa shape index (κ1) is 13.4. The summed E-state index contributed by atoms with van der Waals surface area (Å²) >= 11 is 0. The normalized spacial score (nSPS) is 12.5. The average molecular weight is 202 g/mol. The monoisotopic (exact) mass is 202 g/mol. The Bertz CT molecular complexity index is 151. The van der Waals surface area contributed by atoms with Crippen molar-refractivity contribution in [1.82, 2.24) is 10.6 Å². The summed E-state index contributed by atoms with van der Waals surface area (Å²) in [6.45, 7) is 6.14. The van der Waals surface area contributed by atoms with Crippen molar-refractivity contribution in [2.24, 2.45) is 0 Å². The average Bonchev–Trinajstić information content (AvgIpc) is 2.17. The van der Waals surface area contributed by atoms with E-state index < -0.39 is 0 Å². The van der Waals surface area contributed by atoms with E-state index in [0.717, 1.165) is 26.0 Å². The van der Waals surface area contributed by atoms with Crippen LogP contribution in [0.1, 0.15) is 26.7 Å². The minimum absolute atomic E-state index is 0.0687. The van der Waals surface area contributed by atoms with Gasteiger partial charge in [0.15, 0.2) is 0 Å². The van der Waals surface area contributed by atoms with Crippen LogP contribution in [0.3, 0.4) is 0 Å². The van der Waals surface area contributed by atoms with Crippen LogP contribution in [0.2, 0.25) is 0 Å². The van der Waals surface area contributed by atoms with E-state index in [9.17, 15) is 4.79 Å². The van der Waals surface area contributed by atoms with Gasteiger partial charge in [-0.25, -0.2) is 0 Å². The number of hydrogen-bond acceptors (Lipinski definition) is 3. The first-order valence-electron chi connectivity index (χ1n) is 5.22. The molecule has 0 aliphatic carbocycles. The van der Waals surface area contributed by atoms with Gasteiger partial charge in [-0.05, 0) is 33.2 Å². The molecule has 1 unspecified atom stereocenters. The lowest BCUT2D eigenvalue weighted by molar-refractivity contribution is -0.122. The van der Waals surface area contributed by atoms with Gasteiger partial charge in [-0.15, -0.1) is 0 Å². The molecule has 0 aliphatic rings. The molecule has 0 aromatic rings. The van der Waals surface area contributed by atoms with Crippen LogP contribution in [-0.4, -0.2) is 38.8 Å². The summed E-state index contributed by atoms with van der Waals surface area (Å²) in [4.78, 5) is 11.3. The van der Waals surface area contributed by atoms with Crippen molar-refractivity contribution in [3.05, 3.63) is 0 Å². The molecule has 0 aromatic heterocycles. The van der Waals surface area contributed by atoms with Crippen molar-refractivity contribution < 1.29 is 9.53 Å². The highest BCUT2D eigenvalue weighted by atomic mass is 16.5. The number of carbonyl (C=O) groups excluding carboxylic acids is 1. The van der Waals surface area contributed by atoms with Crippen LogP contribution in [0.4, 0.5) is 0 Å². The maximum Gasteiger partial charge on any atom is 0.236 e. The Balaban J connectivity index is 3.34. The molecule has 14 heavy (non-hydrogen) atoms. The van der Waals surface area contributed by atoms with Gasteiger partial charge < -0.3 is 15.4 Å². The van der Waals surface area contributed by atoms with Crippen LogP contribution < -0.4 is 10.6 Å². The molecule has 1 atom stereocenters. The van der Waals surface area contributed by atoms with Gasteiger partial charge in [0.1, 0.15) is 0 Å². The summed E-state index contributed by atoms with van der Waals surface area (Å²) in [6.07, 6.45) is 2.07. The van der Waals surface area contributed by atoms with Crippen LogP contribution in [0.15, 0.2) is 0 Å². The standard InChI is InChI=1S/C10H22N2O2/c1-4-11-10(13)9(2)12-7-5-6-8-14-3/h9,12H,4-8H2,1-3H3,(H,11,13). The molecule has 0 heterocycles. The van der Waals surface area contributed by atoms with Crippen LogP contribution in [0.5, 0.6) is 0 Å². The Morgan fingerprint density at radius 2 is 2.14 bits per heavy atom. The van der Waals surface area contributed by atoms with E-state index in [0.29, 0.717) is 6.54 Å². The van der Waals surface area contributed by atoms with Gasteiger partial charge in [-0.3, -0.25) is 4.79 Å². The molecule has 0 saturated carbocycles. The van der Waals surface area contributed by atoms with Crippen LogP contribution >= 0.6 is 0 Å². The number of hydrogen-bond donors (Lipinski definition) is 2. The van der Waals surface area contributed by atoms with E-state index in [-0.39, 0.29) is 11.9 Å². The summed E-state index contributed by atoms with van der Waals surface area (Å²) in [6, 6.07) is -0.0995. The van der Waals surface area contributed by atoms with Crippen molar-refractivity contribution in [1.29, 1.82) is 0 Å². The summed E-state index contributed by atoms with van der Waals surface area (Å²) in [5.41, 5.74) is 0. The highest BCUT2D eigenvalue weighted by Gasteiger charge is 2.09. The van der Waals surface area contributed by atoms with Gasteiger partial charge in [0, 0.05) is 20.3 Å². The lowest BCUT2D eigenvalue weighted by Crippen LogP contribution is -2.42. The molecule has 0 aromatic carbocycles. The summed E-state index contributed by atoms with van der Waals surface area (Å²) in [5, 5.41) is 5.93. The second kappa shape index (κ2) is 8.97. The maximum absolute atomic E-state index is 11.3. The number of likely N-dealkylation sites (N-methyl/N-ethyl adjacent to an activating group) is 1. The van der Waals surface area contributed by atoms with E-state index >= 15 is 0 Å². The minimum atomic E-state index is -0.0995. The molecule has 2 N–H and O–H groups in total. The second-order valence-electron chi connectivity index (χ2n) is 3.27. The largest absolute Gasteiger partial charge is 0.385 e. The molecule has 4 nitrogen and oxygen atoms in total. The fourth-order valence-electron chi connectivity index (χ4n) is 1.11. The minimum Gasteiger partial charge on any atom is -0.385 e. The van der Waals surface area contributed by atoms with E-state index in [1.165, 1.54) is 0 Å². The number of amides is 1. The Labute approximate surface area is 86.4 Å². The van der Waals surface area contributed by atoms with Gasteiger partial charge in [0.25, 0.3) is 0 Å². The van der Waals surface area contributed by atoms with Gasteiger partial charge in [0.05, 0.1) is 6.04 Å². The molecule has 0 saturated heterocycles. The van der Waals surface area contributed by atoms with Crippen LogP contribution in [0, 0.1) is 0 Å². The van der Waals surface area contributed by atoms with Crippen molar-refractivity contribution in [3.63, 3.8) is 0 Å². The molecular formula is C10H22N2O2. The highest BCUT2D eigenvalue weighted by molar-refractivity contribution is 5.81. The second-order valence-corrected chi connectivity index (χ2v) is 3.27. The predicted octanol–water partition coefficient (Wildman–Crippen LogP) is 0.527. The summed E-state index contributed by atoms with van der Waals surface area (Å²) in [7, 11) is 1.70. The Morgan fingerprint density at radius 1 is 1.43 bits per heavy atom. The number of carbonyl (C=O) groups is 1. The number of rotatable bonds is 8. The number of ether oxygens (including phenoxy) is 1. The first-order chi connectivity index (χ1) is 6.72. The Hall–Kier alpha value is -0.610. The SMILES string of the molecule is CCNC(=O)C(C)NCCCCOC. The third-order valence-corrected chi connectivity index (χ3v) is 1.97. The lowest BCUT2D eigenvalue weighted by atomic mass is 10.2. The van der Waals surface area contributed by atoms with Crippen molar-refractivity contribution >= 4 is 5.91 Å². The molecule has 84 valence electrons. The Kier molecular flexibility index (Phi) is 8.57. The topological polar surface area (TPSA) is 50.4 Å². The van der Waals surface area contributed by atoms with E-state index in [2.05, 4.69) is 10.6 Å². The first-order valence-corrected chi connectivity index (χ1v) is 5.22. The molecule has 4 heteroatoms. The fourth-order valence-corrected chi connectivity index (χ4v) is 1.11. The smallest absolute Gasteiger partial charge is 0.236 e. The number of nitrogens with one attached hydrogen (secondary N) is 2. The van der Waals surface area contributed by atoms with E-state index in [1.54, 1.807) is 7.11 Å². The molecule has 0 bridgehead atoms. The van der Waals surface area contributed by atoms with Gasteiger partial charge in [0.2, 0.25) is 5.91 Å². The van der Waals surface area contributed by atoms with Gasteiger partial charge >= 0.3 is 0 Å². The molecule has 0 radical (unpaired) electrons. The zero-order chi connectivity index (χ0) is 10.8. The lowest BCUT2D eigenvalue weighted by Gasteiger charge is -2.12. The van der Waals surface area contributed by atoms with Crippen LogP contribution in [-0.2, 0) is 9.53 Å². The molecule has 1 amide bonds. The predicted molar refractivity (Wildman–Crippen MR) is 57.3 cm³/mol. The summed E-state index contributed by atoms with van der Waals surface area (Å²) < 4.78 is 4.93. The molecule has 0 fully saturated rings. The summed E-state index contributed by atoms with van der Waals surface area (Å²) in [5.74, 6) is 0.0687. The zero-order valence-corrected chi connectivity index (χ0v) is 9.43. The fraction of sp³-hybridized carbons (Fsp3) is 0.900. The van der Waals surface area contributed by atoms with E-state index in [1.807, 2.05) is 13.8 Å². The zero-order valence-electron chi connectivity index (χ0n) is 9.43. The maximum atomic E-state index is 11.3. The molecule has 0 rings (SSSR count). The van der Waals surface area contributed by atoms with Crippen molar-refractivity contribution in [3.8, 4) is 0 Å². The Morgan fingerprint density at radius 3 is 2.71 bits per heavy atom. The number of methoxy groups -OCH3 is 1. The molecule has 0 spiro atoms. The quantitative estimate of drug-likeness (QED) is 0.564. The van der Waals surface area contributed by atoms with Gasteiger partial charge in [-0.2, -0.15) is 0 Å². The highest BCUT2D eigenvalue weighted by Crippen LogP contribution is 1.89. The van der Waals surface area contributed by atoms with Crippen molar-refractivity contribution in [2.75, 3.05) is 26.8 Å². The molecular weight excluding hydrogens is 180 g/mol. The third-order valence-electron chi connectivity index (χ3n) is 1.97. The molecule has 0 aliphatic heterocycles. The van der Waals surface area contributed by atoms with E-state index in [4.69, 9.17) is 4.74 Å². The van der Waals surface area contributed by atoms with Gasteiger partial charge in [-0.1, -0.05) is 0 Å². The third kappa shape index (κ3) is 6.86. The van der Waals surface area contributed by atoms with Crippen LogP contribution in [0.25, 0.3) is 0 Å². The number of unbranched alkanes of at least 4 members (excludes halogenated alkanes) is 1.